The number of thioether (sulfide) groups is 1. The predicted octanol–water partition coefficient (Wildman–Crippen LogP) is 7.45. The molecule has 3 aromatic carbocycles. The number of sulfone groups is 1. The van der Waals surface area contributed by atoms with E-state index in [9.17, 15) is 22.0 Å². The molecular weight excluding hydrogens is 557 g/mol. The summed E-state index contributed by atoms with van der Waals surface area (Å²) in [6, 6.07) is 20.0. The van der Waals surface area contributed by atoms with E-state index in [1.807, 2.05) is 30.3 Å². The van der Waals surface area contributed by atoms with Crippen molar-refractivity contribution in [2.24, 2.45) is 0 Å². The highest BCUT2D eigenvalue weighted by atomic mass is 79.9. The Kier molecular flexibility index (Phi) is 8.89. The minimum Gasteiger partial charge on any atom is -0.254 e. The first-order valence-electron chi connectivity index (χ1n) is 9.58. The maximum atomic E-state index is 12.3. The van der Waals surface area contributed by atoms with Crippen molar-refractivity contribution in [3.8, 4) is 11.1 Å². The molecular formula is C22H20BrF2O5PS2. The van der Waals surface area contributed by atoms with Crippen LogP contribution in [0.3, 0.4) is 0 Å². The van der Waals surface area contributed by atoms with Gasteiger partial charge in [0, 0.05) is 22.2 Å². The van der Waals surface area contributed by atoms with Crippen molar-refractivity contribution in [2.45, 2.75) is 22.6 Å². The Morgan fingerprint density at radius 2 is 1.55 bits per heavy atom. The second kappa shape index (κ2) is 11.3. The number of halogens is 3. The van der Waals surface area contributed by atoms with Crippen LogP contribution in [-0.2, 0) is 41.5 Å². The molecule has 0 radical (unpaired) electrons. The van der Waals surface area contributed by atoms with Crippen LogP contribution in [-0.4, -0.2) is 14.7 Å². The van der Waals surface area contributed by atoms with Crippen molar-refractivity contribution < 1.29 is 31.5 Å². The van der Waals surface area contributed by atoms with Crippen molar-refractivity contribution in [1.82, 2.24) is 0 Å². The molecule has 0 bridgehead atoms. The first-order chi connectivity index (χ1) is 15.6. The van der Waals surface area contributed by atoms with Gasteiger partial charge in [-0.3, -0.25) is 4.57 Å². The first kappa shape index (κ1) is 26.1. The predicted molar refractivity (Wildman–Crippen MR) is 130 cm³/mol. The van der Waals surface area contributed by atoms with E-state index in [4.69, 9.17) is 0 Å². The van der Waals surface area contributed by atoms with E-state index in [2.05, 4.69) is 25.4 Å². The first-order valence-corrected chi connectivity index (χ1v) is 15.1. The summed E-state index contributed by atoms with van der Waals surface area (Å²) in [4.78, 5) is 0.286. The second-order valence-electron chi connectivity index (χ2n) is 7.32. The summed E-state index contributed by atoms with van der Waals surface area (Å²) < 4.78 is 66.6. The highest BCUT2D eigenvalue weighted by Gasteiger charge is 2.29. The average molecular weight is 577 g/mol. The van der Waals surface area contributed by atoms with Crippen molar-refractivity contribution in [1.29, 1.82) is 0 Å². The van der Waals surface area contributed by atoms with E-state index < -0.39 is 23.6 Å². The molecule has 0 fully saturated rings. The minimum atomic E-state index is -4.44. The summed E-state index contributed by atoms with van der Waals surface area (Å²) in [5.41, 5.74) is 4.25. The molecule has 11 heteroatoms. The topological polar surface area (TPSA) is 69.7 Å². The molecule has 0 amide bonds. The molecule has 3 aromatic rings. The van der Waals surface area contributed by atoms with Gasteiger partial charge in [-0.2, -0.15) is 11.8 Å². The molecule has 0 aliphatic rings. The fourth-order valence-corrected chi connectivity index (χ4v) is 6.27. The van der Waals surface area contributed by atoms with Crippen molar-refractivity contribution in [2.75, 3.05) is 6.26 Å². The molecule has 0 aliphatic carbocycles. The largest absolute Gasteiger partial charge is 0.399 e. The maximum absolute atomic E-state index is 12.3. The lowest BCUT2D eigenvalue weighted by molar-refractivity contribution is -0.0881. The molecule has 0 N–H and O–H groups in total. The molecule has 0 unspecified atom stereocenters. The lowest BCUT2D eigenvalue weighted by atomic mass is 10.0. The third-order valence-corrected chi connectivity index (χ3v) is 8.85. The van der Waals surface area contributed by atoms with Gasteiger partial charge in [0.25, 0.3) is 0 Å². The molecule has 3 rings (SSSR count). The van der Waals surface area contributed by atoms with E-state index in [1.165, 1.54) is 6.26 Å². The fraction of sp³-hybridized carbons (Fsp3) is 0.182. The molecule has 176 valence electrons. The zero-order chi connectivity index (χ0) is 24.1. The lowest BCUT2D eigenvalue weighted by Crippen LogP contribution is -1.96. The summed E-state index contributed by atoms with van der Waals surface area (Å²) in [5, 5.41) is 0. The van der Waals surface area contributed by atoms with Crippen LogP contribution in [0.25, 0.3) is 11.1 Å². The summed E-state index contributed by atoms with van der Waals surface area (Å²) in [6.07, 6.45) is 0.654. The molecule has 0 spiro atoms. The number of benzene rings is 3. The molecule has 0 saturated carbocycles. The molecule has 0 aliphatic heterocycles. The molecule has 0 saturated heterocycles. The number of hydrogen-bond acceptors (Lipinski definition) is 6. The summed E-state index contributed by atoms with van der Waals surface area (Å²) in [5.74, 6) is 1.44. The van der Waals surface area contributed by atoms with Crippen molar-refractivity contribution in [3.05, 3.63) is 87.9 Å². The highest BCUT2D eigenvalue weighted by molar-refractivity contribution is 9.10. The van der Waals surface area contributed by atoms with Crippen LogP contribution in [0.1, 0.15) is 16.7 Å². The van der Waals surface area contributed by atoms with Gasteiger partial charge in [-0.15, -0.1) is 9.46 Å². The van der Waals surface area contributed by atoms with Crippen molar-refractivity contribution in [3.63, 3.8) is 0 Å². The van der Waals surface area contributed by atoms with Gasteiger partial charge in [-0.25, -0.2) is 8.42 Å². The minimum absolute atomic E-state index is 0.286. The van der Waals surface area contributed by atoms with Gasteiger partial charge < -0.3 is 0 Å². The lowest BCUT2D eigenvalue weighted by Gasteiger charge is -2.10. The Morgan fingerprint density at radius 1 is 0.909 bits per heavy atom. The second-order valence-corrected chi connectivity index (χ2v) is 13.0. The van der Waals surface area contributed by atoms with Gasteiger partial charge >= 0.3 is 7.60 Å². The Hall–Kier alpha value is -1.55. The third kappa shape index (κ3) is 7.21. The highest BCUT2D eigenvalue weighted by Crippen LogP contribution is 2.53. The molecule has 33 heavy (non-hydrogen) atoms. The Bertz CT molecular complexity index is 1260. The van der Waals surface area contributed by atoms with E-state index in [-0.39, 0.29) is 4.90 Å². The van der Waals surface area contributed by atoms with Crippen LogP contribution in [0.2, 0.25) is 0 Å². The van der Waals surface area contributed by atoms with Crippen LogP contribution < -0.4 is 0 Å². The van der Waals surface area contributed by atoms with Crippen LogP contribution in [0, 0.1) is 0 Å². The molecule has 0 heterocycles. The zero-order valence-corrected chi connectivity index (χ0v) is 21.5. The van der Waals surface area contributed by atoms with Crippen molar-refractivity contribution >= 4 is 45.1 Å². The van der Waals surface area contributed by atoms with Gasteiger partial charge in [0.2, 0.25) is 0 Å². The molecule has 0 atom stereocenters. The maximum Gasteiger partial charge on any atom is 0.399 e. The van der Waals surface area contributed by atoms with Gasteiger partial charge in [0.05, 0.1) is 11.1 Å². The van der Waals surface area contributed by atoms with E-state index in [0.717, 1.165) is 28.0 Å². The van der Waals surface area contributed by atoms with Crippen LogP contribution in [0.15, 0.2) is 76.1 Å². The van der Waals surface area contributed by atoms with Gasteiger partial charge in [-0.05, 0) is 55.1 Å². The fourth-order valence-electron chi connectivity index (χ4n) is 3.06. The Balaban J connectivity index is 1.59. The van der Waals surface area contributed by atoms with E-state index >= 15 is 0 Å². The normalized spacial score (nSPS) is 12.1. The third-order valence-electron chi connectivity index (χ3n) is 4.78. The summed E-state index contributed by atoms with van der Waals surface area (Å²) >= 11 is 5.00. The molecule has 0 aromatic heterocycles. The standard InChI is InChI=1S/C22H20BrF2O5PS2/c1-33(27,28)21-4-2-3-19(12-21)18-8-5-16(6-9-18)14-32-15-17-7-10-20(22(23)11-17)13-31(26,29-24)30-25/h2-12H,13-15H2,1H3. The van der Waals surface area contributed by atoms with Gasteiger partial charge in [0.15, 0.2) is 9.84 Å². The smallest absolute Gasteiger partial charge is 0.254 e. The van der Waals surface area contributed by atoms with Crippen LogP contribution in [0.5, 0.6) is 0 Å². The average Bonchev–Trinajstić information content (AvgIpc) is 2.81. The Morgan fingerprint density at radius 3 is 2.15 bits per heavy atom. The molecule has 5 nitrogen and oxygen atoms in total. The number of rotatable bonds is 10. The van der Waals surface area contributed by atoms with Crippen LogP contribution >= 0.6 is 35.3 Å². The van der Waals surface area contributed by atoms with E-state index in [0.29, 0.717) is 15.8 Å². The number of hydrogen-bond donors (Lipinski definition) is 0. The quantitative estimate of drug-likeness (QED) is 0.233. The van der Waals surface area contributed by atoms with Crippen LogP contribution in [0.4, 0.5) is 9.05 Å². The summed E-state index contributed by atoms with van der Waals surface area (Å²) in [6.45, 7) is 0. The van der Waals surface area contributed by atoms with Gasteiger partial charge in [0.1, 0.15) is 0 Å². The van der Waals surface area contributed by atoms with E-state index in [1.54, 1.807) is 48.2 Å². The summed E-state index contributed by atoms with van der Waals surface area (Å²) in [7, 11) is -7.71. The SMILES string of the molecule is CS(=O)(=O)c1cccc(-c2ccc(CSCc3ccc(CP(=O)(OF)OF)c(Br)c3)cc2)c1. The van der Waals surface area contributed by atoms with Gasteiger partial charge in [-0.1, -0.05) is 64.5 Å². The zero-order valence-electron chi connectivity index (χ0n) is 17.4. The monoisotopic (exact) mass is 576 g/mol. The Labute approximate surface area is 203 Å².